The van der Waals surface area contributed by atoms with E-state index >= 15 is 0 Å². The van der Waals surface area contributed by atoms with Gasteiger partial charge in [0.2, 0.25) is 0 Å². The van der Waals surface area contributed by atoms with Crippen LogP contribution < -0.4 is 0 Å². The van der Waals surface area contributed by atoms with Crippen LogP contribution in [0.5, 0.6) is 0 Å². The Hall–Kier alpha value is -1.98. The average Bonchev–Trinajstić information content (AvgIpc) is 3.52. The quantitative estimate of drug-likeness (QED) is 0.227. The van der Waals surface area contributed by atoms with Crippen LogP contribution in [0.4, 0.5) is 0 Å². The van der Waals surface area contributed by atoms with Crippen LogP contribution in [0.2, 0.25) is 0 Å². The van der Waals surface area contributed by atoms with E-state index in [0.717, 1.165) is 11.5 Å². The molecule has 0 aliphatic carbocycles. The van der Waals surface area contributed by atoms with Gasteiger partial charge in [-0.3, -0.25) is 0 Å². The van der Waals surface area contributed by atoms with Crippen LogP contribution in [0, 0.1) is 0 Å². The molecule has 0 unspecified atom stereocenters. The van der Waals surface area contributed by atoms with E-state index in [1.54, 1.807) is 22.7 Å². The fourth-order valence-electron chi connectivity index (χ4n) is 2.86. The predicted octanol–water partition coefficient (Wildman–Crippen LogP) is 9.06. The molecule has 0 bridgehead atoms. The lowest BCUT2D eigenvalue weighted by atomic mass is 10.2. The Morgan fingerprint density at radius 2 is 1.00 bits per heavy atom. The summed E-state index contributed by atoms with van der Waals surface area (Å²) in [6.45, 7) is 0. The van der Waals surface area contributed by atoms with Crippen molar-refractivity contribution in [2.24, 2.45) is 0 Å². The van der Waals surface area contributed by atoms with Crippen LogP contribution in [0.25, 0.3) is 9.81 Å². The normalized spacial score (nSPS) is 12.3. The van der Waals surface area contributed by atoms with Crippen LogP contribution in [-0.2, 0) is 11.5 Å². The monoisotopic (exact) mass is 462 g/mol. The summed E-state index contributed by atoms with van der Waals surface area (Å²) in [7, 11) is 0. The van der Waals surface area contributed by atoms with E-state index in [4.69, 9.17) is 0 Å². The Balaban J connectivity index is 1.56. The molecule has 2 aromatic carbocycles. The number of thioether (sulfide) groups is 2. The highest BCUT2D eigenvalue weighted by Gasteiger charge is 2.07. The molecule has 0 saturated carbocycles. The first-order valence-electron chi connectivity index (χ1n) is 9.72. The molecule has 4 aromatic rings. The summed E-state index contributed by atoms with van der Waals surface area (Å²) < 4.78 is 0. The number of benzene rings is 2. The van der Waals surface area contributed by atoms with Crippen molar-refractivity contribution in [3.8, 4) is 0 Å². The second kappa shape index (κ2) is 11.4. The van der Waals surface area contributed by atoms with E-state index in [1.807, 2.05) is 23.5 Å². The molecule has 0 atom stereocenters. The molecule has 0 N–H and O–H groups in total. The van der Waals surface area contributed by atoms with Gasteiger partial charge in [-0.25, -0.2) is 0 Å². The van der Waals surface area contributed by atoms with Crippen LogP contribution >= 0.6 is 46.2 Å². The van der Waals surface area contributed by atoms with Crippen molar-refractivity contribution in [1.82, 2.24) is 0 Å². The Morgan fingerprint density at radius 1 is 0.567 bits per heavy atom. The summed E-state index contributed by atoms with van der Waals surface area (Å²) >= 11 is 7.42. The molecular weight excluding hydrogens is 441 g/mol. The molecule has 0 amide bonds. The maximum Gasteiger partial charge on any atom is 0.0406 e. The Kier molecular flexibility index (Phi) is 8.09. The first-order chi connectivity index (χ1) is 14.9. The van der Waals surface area contributed by atoms with Gasteiger partial charge in [0.1, 0.15) is 0 Å². The van der Waals surface area contributed by atoms with E-state index in [1.165, 1.54) is 30.7 Å². The molecule has 0 saturated heterocycles. The number of hydrogen-bond acceptors (Lipinski definition) is 4. The molecule has 0 aliphatic heterocycles. The van der Waals surface area contributed by atoms with Gasteiger partial charge in [-0.1, -0.05) is 72.8 Å². The highest BCUT2D eigenvalue weighted by atomic mass is 32.2. The third kappa shape index (κ3) is 6.26. The molecule has 0 aliphatic rings. The molecule has 2 heterocycles. The smallest absolute Gasteiger partial charge is 0.0406 e. The van der Waals surface area contributed by atoms with Gasteiger partial charge in [0.15, 0.2) is 0 Å². The van der Waals surface area contributed by atoms with Gasteiger partial charge < -0.3 is 0 Å². The van der Waals surface area contributed by atoms with E-state index in [-0.39, 0.29) is 0 Å². The summed E-state index contributed by atoms with van der Waals surface area (Å²) in [6, 6.07) is 30.1. The van der Waals surface area contributed by atoms with Gasteiger partial charge in [0.25, 0.3) is 0 Å². The molecule has 0 spiro atoms. The SMILES string of the molecule is C(/C=C(\SCc1ccccc1)c1cccs1)=C(/SCc1ccccc1)c1cccs1. The van der Waals surface area contributed by atoms with E-state index in [9.17, 15) is 0 Å². The fourth-order valence-corrected chi connectivity index (χ4v) is 6.57. The Labute approximate surface area is 195 Å². The van der Waals surface area contributed by atoms with Crippen molar-refractivity contribution in [2.45, 2.75) is 11.5 Å². The number of allylic oxidation sites excluding steroid dienone is 2. The van der Waals surface area contributed by atoms with Gasteiger partial charge in [-0.15, -0.1) is 46.2 Å². The molecule has 4 heteroatoms. The zero-order valence-electron chi connectivity index (χ0n) is 16.4. The number of rotatable bonds is 9. The predicted molar refractivity (Wildman–Crippen MR) is 140 cm³/mol. The fraction of sp³-hybridized carbons (Fsp3) is 0.0769. The second-order valence-electron chi connectivity index (χ2n) is 6.56. The summed E-state index contributed by atoms with van der Waals surface area (Å²) in [5, 5.41) is 4.31. The van der Waals surface area contributed by atoms with E-state index in [2.05, 4.69) is 108 Å². The van der Waals surface area contributed by atoms with Crippen LogP contribution in [0.1, 0.15) is 20.9 Å². The third-order valence-electron chi connectivity index (χ3n) is 4.39. The lowest BCUT2D eigenvalue weighted by Gasteiger charge is -2.07. The standard InChI is InChI=1S/C26H22S4/c1-3-9-21(10-4-1)19-29-25(23-13-7-17-27-23)15-16-26(24-14-8-18-28-24)30-20-22-11-5-2-6-12-22/h1-18H,19-20H2/b25-15-,26-16-. The van der Waals surface area contributed by atoms with Crippen LogP contribution in [0.3, 0.4) is 0 Å². The second-order valence-corrected chi connectivity index (χ2v) is 10.5. The number of hydrogen-bond donors (Lipinski definition) is 0. The summed E-state index contributed by atoms with van der Waals surface area (Å²) in [6.07, 6.45) is 4.60. The minimum Gasteiger partial charge on any atom is -0.143 e. The molecular formula is C26H22S4. The molecule has 0 nitrogen and oxygen atoms in total. The largest absolute Gasteiger partial charge is 0.143 e. The first-order valence-corrected chi connectivity index (χ1v) is 13.4. The molecule has 2 aromatic heterocycles. The zero-order valence-corrected chi connectivity index (χ0v) is 19.7. The molecule has 4 rings (SSSR count). The molecule has 30 heavy (non-hydrogen) atoms. The zero-order chi connectivity index (χ0) is 20.4. The van der Waals surface area contributed by atoms with Crippen molar-refractivity contribution in [3.05, 3.63) is 129 Å². The third-order valence-corrected chi connectivity index (χ3v) is 8.74. The topological polar surface area (TPSA) is 0 Å². The lowest BCUT2D eigenvalue weighted by molar-refractivity contribution is 1.42. The van der Waals surface area contributed by atoms with Gasteiger partial charge in [0, 0.05) is 31.1 Å². The molecule has 0 fully saturated rings. The molecule has 150 valence electrons. The average molecular weight is 463 g/mol. The van der Waals surface area contributed by atoms with Crippen molar-refractivity contribution in [2.75, 3.05) is 0 Å². The maximum absolute atomic E-state index is 2.30. The van der Waals surface area contributed by atoms with Crippen molar-refractivity contribution < 1.29 is 0 Å². The summed E-state index contributed by atoms with van der Waals surface area (Å²) in [4.78, 5) is 5.29. The van der Waals surface area contributed by atoms with Crippen molar-refractivity contribution in [3.63, 3.8) is 0 Å². The van der Waals surface area contributed by atoms with Crippen LogP contribution in [-0.4, -0.2) is 0 Å². The summed E-state index contributed by atoms with van der Waals surface area (Å²) in [5.74, 6) is 1.95. The van der Waals surface area contributed by atoms with Crippen molar-refractivity contribution >= 4 is 56.0 Å². The van der Waals surface area contributed by atoms with Gasteiger partial charge in [-0.2, -0.15) is 0 Å². The highest BCUT2D eigenvalue weighted by Crippen LogP contribution is 2.37. The van der Waals surface area contributed by atoms with E-state index in [0.29, 0.717) is 0 Å². The van der Waals surface area contributed by atoms with Crippen molar-refractivity contribution in [1.29, 1.82) is 0 Å². The van der Waals surface area contributed by atoms with Gasteiger partial charge in [0.05, 0.1) is 0 Å². The lowest BCUT2D eigenvalue weighted by Crippen LogP contribution is -1.82. The maximum atomic E-state index is 2.30. The number of thiophene rings is 2. The minimum atomic E-state index is 0.976. The van der Waals surface area contributed by atoms with Crippen LogP contribution in [0.15, 0.2) is 108 Å². The van der Waals surface area contributed by atoms with Gasteiger partial charge in [-0.05, 0) is 46.2 Å². The first kappa shape index (κ1) is 21.3. The highest BCUT2D eigenvalue weighted by molar-refractivity contribution is 8.08. The summed E-state index contributed by atoms with van der Waals surface area (Å²) in [5.41, 5.74) is 2.71. The van der Waals surface area contributed by atoms with E-state index < -0.39 is 0 Å². The van der Waals surface area contributed by atoms with Gasteiger partial charge >= 0.3 is 0 Å². The molecule has 0 radical (unpaired) electrons. The Morgan fingerprint density at radius 3 is 1.37 bits per heavy atom. The Bertz CT molecular complexity index is 971. The minimum absolute atomic E-state index is 0.976.